The summed E-state index contributed by atoms with van der Waals surface area (Å²) in [6.07, 6.45) is -0.101. The number of alkyl halides is 3. The highest BCUT2D eigenvalue weighted by Crippen LogP contribution is 2.41. The summed E-state index contributed by atoms with van der Waals surface area (Å²) in [5, 5.41) is 9.57. The van der Waals surface area contributed by atoms with Gasteiger partial charge in [-0.15, -0.1) is 6.42 Å². The van der Waals surface area contributed by atoms with Gasteiger partial charge >= 0.3 is 18.1 Å². The lowest BCUT2D eigenvalue weighted by Crippen LogP contribution is -2.55. The molecule has 0 aliphatic heterocycles. The fraction of sp³-hybridized carbons (Fsp3) is 0.474. The molecule has 152 valence electrons. The molecule has 1 aliphatic rings. The van der Waals surface area contributed by atoms with E-state index in [4.69, 9.17) is 22.8 Å². The number of halogens is 4. The molecule has 1 atom stereocenters. The summed E-state index contributed by atoms with van der Waals surface area (Å²) in [6.45, 7) is 1.32. The normalized spacial score (nSPS) is 16.9. The predicted molar refractivity (Wildman–Crippen MR) is 97.4 cm³/mol. The minimum Gasteiger partial charge on any atom is -0.479 e. The third kappa shape index (κ3) is 4.20. The molecular weight excluding hydrogens is 399 g/mol. The zero-order valence-corrected chi connectivity index (χ0v) is 15.8. The molecule has 1 aromatic rings. The molecule has 1 aliphatic carbocycles. The second-order valence-corrected chi connectivity index (χ2v) is 6.91. The molecule has 0 radical (unpaired) electrons. The highest BCUT2D eigenvalue weighted by atomic mass is 35.5. The molecule has 0 bridgehead atoms. The van der Waals surface area contributed by atoms with Crippen molar-refractivity contribution in [3.8, 4) is 18.1 Å². The van der Waals surface area contributed by atoms with E-state index < -0.39 is 29.7 Å². The largest absolute Gasteiger partial charge is 0.479 e. The van der Waals surface area contributed by atoms with Crippen molar-refractivity contribution in [3.63, 3.8) is 0 Å². The van der Waals surface area contributed by atoms with Gasteiger partial charge in [0.1, 0.15) is 11.3 Å². The summed E-state index contributed by atoms with van der Waals surface area (Å²) in [5.74, 6) is -0.373. The van der Waals surface area contributed by atoms with Crippen molar-refractivity contribution in [2.75, 3.05) is 4.90 Å². The Kier molecular flexibility index (Phi) is 6.50. The first-order valence-corrected chi connectivity index (χ1v) is 9.01. The molecule has 1 amide bonds. The minimum absolute atomic E-state index is 0.0876. The maximum absolute atomic E-state index is 12.9. The molecule has 0 saturated heterocycles. The number of terminal acetylenes is 1. The SMILES string of the molecule is C#CC(=O)N(c1ccc(O[C@H](CC)C(F)(F)F)c(Cl)c1)C1(C(=O)O)CCCC1. The van der Waals surface area contributed by atoms with Crippen LogP contribution in [0.3, 0.4) is 0 Å². The van der Waals surface area contributed by atoms with E-state index in [9.17, 15) is 27.9 Å². The van der Waals surface area contributed by atoms with Crippen LogP contribution in [0.15, 0.2) is 18.2 Å². The highest BCUT2D eigenvalue weighted by Gasteiger charge is 2.49. The van der Waals surface area contributed by atoms with Gasteiger partial charge in [0.2, 0.25) is 0 Å². The summed E-state index contributed by atoms with van der Waals surface area (Å²) >= 11 is 6.07. The molecule has 9 heteroatoms. The Morgan fingerprint density at radius 2 is 2.00 bits per heavy atom. The first-order chi connectivity index (χ1) is 13.1. The summed E-state index contributed by atoms with van der Waals surface area (Å²) in [6, 6.07) is 3.65. The Morgan fingerprint density at radius 1 is 1.39 bits per heavy atom. The monoisotopic (exact) mass is 417 g/mol. The topological polar surface area (TPSA) is 66.8 Å². The van der Waals surface area contributed by atoms with E-state index in [1.54, 1.807) is 0 Å². The van der Waals surface area contributed by atoms with E-state index >= 15 is 0 Å². The number of benzene rings is 1. The lowest BCUT2D eigenvalue weighted by molar-refractivity contribution is -0.195. The Hall–Kier alpha value is -2.40. The summed E-state index contributed by atoms with van der Waals surface area (Å²) in [4.78, 5) is 25.3. The average Bonchev–Trinajstić information content (AvgIpc) is 3.10. The van der Waals surface area contributed by atoms with E-state index in [2.05, 4.69) is 0 Å². The quantitative estimate of drug-likeness (QED) is 0.696. The number of anilines is 1. The first kappa shape index (κ1) is 21.9. The fourth-order valence-electron chi connectivity index (χ4n) is 3.38. The van der Waals surface area contributed by atoms with Crippen LogP contribution in [-0.4, -0.2) is 34.8 Å². The van der Waals surface area contributed by atoms with Crippen LogP contribution in [0.2, 0.25) is 5.02 Å². The van der Waals surface area contributed by atoms with Gasteiger partial charge in [-0.25, -0.2) is 4.79 Å². The Labute approximate surface area is 165 Å². The van der Waals surface area contributed by atoms with Gasteiger partial charge in [-0.3, -0.25) is 9.69 Å². The fourth-order valence-corrected chi connectivity index (χ4v) is 3.59. The van der Waals surface area contributed by atoms with Crippen LogP contribution in [0.5, 0.6) is 5.75 Å². The number of rotatable bonds is 6. The number of carboxylic acids is 1. The van der Waals surface area contributed by atoms with Crippen molar-refractivity contribution in [2.45, 2.75) is 56.8 Å². The predicted octanol–water partition coefficient (Wildman–Crippen LogP) is 4.42. The van der Waals surface area contributed by atoms with Crippen LogP contribution in [0.4, 0.5) is 18.9 Å². The van der Waals surface area contributed by atoms with Gasteiger partial charge in [0.15, 0.2) is 6.10 Å². The van der Waals surface area contributed by atoms with Crippen molar-refractivity contribution in [2.24, 2.45) is 0 Å². The number of aliphatic carboxylic acids is 1. The van der Waals surface area contributed by atoms with Crippen molar-refractivity contribution < 1.29 is 32.6 Å². The van der Waals surface area contributed by atoms with Crippen LogP contribution in [0.1, 0.15) is 39.0 Å². The van der Waals surface area contributed by atoms with E-state index in [0.29, 0.717) is 12.8 Å². The standard InChI is InChI=1S/C19H19ClF3NO4/c1-3-15(19(21,22)23)28-14-8-7-12(11-13(14)20)24(16(25)4-2)18(17(26)27)9-5-6-10-18/h2,7-8,11,15H,3,5-6,9-10H2,1H3,(H,26,27)/t15-/m1/s1. The van der Waals surface area contributed by atoms with Crippen molar-refractivity contribution in [3.05, 3.63) is 23.2 Å². The molecule has 0 aromatic heterocycles. The Bertz CT molecular complexity index is 797. The van der Waals surface area contributed by atoms with Gasteiger partial charge in [0, 0.05) is 5.69 Å². The molecule has 28 heavy (non-hydrogen) atoms. The van der Waals surface area contributed by atoms with Crippen LogP contribution in [-0.2, 0) is 9.59 Å². The molecule has 1 fully saturated rings. The number of amides is 1. The third-order valence-electron chi connectivity index (χ3n) is 4.76. The molecular formula is C19H19ClF3NO4. The van der Waals surface area contributed by atoms with Crippen molar-refractivity contribution >= 4 is 29.2 Å². The Balaban J connectivity index is 2.44. The number of carbonyl (C=O) groups excluding carboxylic acids is 1. The third-order valence-corrected chi connectivity index (χ3v) is 5.06. The summed E-state index contributed by atoms with van der Waals surface area (Å²) < 4.78 is 43.8. The number of hydrogen-bond acceptors (Lipinski definition) is 3. The van der Waals surface area contributed by atoms with Crippen LogP contribution in [0, 0.1) is 12.3 Å². The highest BCUT2D eigenvalue weighted by molar-refractivity contribution is 6.32. The number of carboxylic acid groups (broad SMARTS) is 1. The first-order valence-electron chi connectivity index (χ1n) is 8.64. The van der Waals surface area contributed by atoms with E-state index in [0.717, 1.165) is 4.90 Å². The number of nitrogens with zero attached hydrogens (tertiary/aromatic N) is 1. The lowest BCUT2D eigenvalue weighted by atomic mass is 9.94. The number of ether oxygens (including phenoxy) is 1. The zero-order valence-electron chi connectivity index (χ0n) is 15.1. The van der Waals surface area contributed by atoms with Gasteiger partial charge < -0.3 is 9.84 Å². The minimum atomic E-state index is -4.57. The smallest absolute Gasteiger partial charge is 0.425 e. The van der Waals surface area contributed by atoms with Gasteiger partial charge in [0.25, 0.3) is 0 Å². The number of hydrogen-bond donors (Lipinski definition) is 1. The number of carbonyl (C=O) groups is 2. The van der Waals surface area contributed by atoms with Gasteiger partial charge in [-0.05, 0) is 43.4 Å². The van der Waals surface area contributed by atoms with Crippen molar-refractivity contribution in [1.29, 1.82) is 0 Å². The van der Waals surface area contributed by atoms with E-state index in [1.807, 2.05) is 5.92 Å². The Morgan fingerprint density at radius 3 is 2.43 bits per heavy atom. The summed E-state index contributed by atoms with van der Waals surface area (Å²) in [7, 11) is 0. The van der Waals surface area contributed by atoms with E-state index in [1.165, 1.54) is 25.1 Å². The maximum Gasteiger partial charge on any atom is 0.425 e. The second kappa shape index (κ2) is 8.31. The zero-order chi connectivity index (χ0) is 21.1. The average molecular weight is 418 g/mol. The van der Waals surface area contributed by atoms with Gasteiger partial charge in [0.05, 0.1) is 5.02 Å². The van der Waals surface area contributed by atoms with Crippen LogP contribution < -0.4 is 9.64 Å². The molecule has 2 rings (SSSR count). The molecule has 0 unspecified atom stereocenters. The van der Waals surface area contributed by atoms with Crippen LogP contribution >= 0.6 is 11.6 Å². The van der Waals surface area contributed by atoms with E-state index in [-0.39, 0.29) is 35.7 Å². The summed E-state index contributed by atoms with van der Waals surface area (Å²) in [5.41, 5.74) is -1.43. The molecule has 0 heterocycles. The van der Waals surface area contributed by atoms with Gasteiger partial charge in [-0.2, -0.15) is 13.2 Å². The molecule has 5 nitrogen and oxygen atoms in total. The van der Waals surface area contributed by atoms with Gasteiger partial charge in [-0.1, -0.05) is 31.4 Å². The molecule has 1 aromatic carbocycles. The van der Waals surface area contributed by atoms with Crippen molar-refractivity contribution in [1.82, 2.24) is 0 Å². The maximum atomic E-state index is 12.9. The second-order valence-electron chi connectivity index (χ2n) is 6.50. The lowest BCUT2D eigenvalue weighted by Gasteiger charge is -2.36. The van der Waals surface area contributed by atoms with Crippen LogP contribution in [0.25, 0.3) is 0 Å². The molecule has 0 spiro atoms. The molecule has 1 N–H and O–H groups in total. The molecule has 1 saturated carbocycles.